The highest BCUT2D eigenvalue weighted by Crippen LogP contribution is 2.26. The van der Waals surface area contributed by atoms with Gasteiger partial charge in [0.25, 0.3) is 5.69 Å². The molecule has 0 fully saturated rings. The van der Waals surface area contributed by atoms with Crippen molar-refractivity contribution in [1.82, 2.24) is 0 Å². The third kappa shape index (κ3) is 4.64. The molecule has 0 heterocycles. The lowest BCUT2D eigenvalue weighted by molar-refractivity contribution is -0.385. The number of nitro benzene ring substituents is 1. The van der Waals surface area contributed by atoms with E-state index in [0.717, 1.165) is 10.9 Å². The molecule has 0 N–H and O–H groups in total. The summed E-state index contributed by atoms with van der Waals surface area (Å²) in [6.45, 7) is 4.18. The predicted octanol–water partition coefficient (Wildman–Crippen LogP) is 4.55. The van der Waals surface area contributed by atoms with E-state index in [4.69, 9.17) is 11.6 Å². The average Bonchev–Trinajstić information content (AvgIpc) is 2.15. The van der Waals surface area contributed by atoms with E-state index in [1.807, 2.05) is 0 Å². The Morgan fingerprint density at radius 1 is 1.47 bits per heavy atom. The van der Waals surface area contributed by atoms with Gasteiger partial charge in [-0.1, -0.05) is 29.8 Å². The van der Waals surface area contributed by atoms with Gasteiger partial charge in [0.1, 0.15) is 0 Å². The molecule has 0 saturated carbocycles. The Kier molecular flexibility index (Phi) is 5.40. The molecular weight excluding hydrogens is 305 g/mol. The number of benzene rings is 1. The normalized spacial score (nSPS) is 12.8. The lowest BCUT2D eigenvalue weighted by Gasteiger charge is -2.12. The lowest BCUT2D eigenvalue weighted by Crippen LogP contribution is -2.08. The summed E-state index contributed by atoms with van der Waals surface area (Å²) in [7, 11) is 0. The van der Waals surface area contributed by atoms with Crippen LogP contribution in [-0.4, -0.2) is 10.3 Å². The van der Waals surface area contributed by atoms with E-state index in [9.17, 15) is 10.1 Å². The summed E-state index contributed by atoms with van der Waals surface area (Å²) in [6, 6.07) is 4.96. The Bertz CT molecular complexity index is 409. The summed E-state index contributed by atoms with van der Waals surface area (Å²) in [4.78, 5) is 10.5. The number of nitro groups is 1. The molecule has 0 amide bonds. The first-order valence-corrected chi connectivity index (χ1v) is 6.70. The minimum atomic E-state index is -0.360. The summed E-state index contributed by atoms with van der Waals surface area (Å²) in [5, 5.41) is 10.8. The van der Waals surface area contributed by atoms with E-state index < -0.39 is 0 Å². The fourth-order valence-corrected chi connectivity index (χ4v) is 2.66. The van der Waals surface area contributed by atoms with Gasteiger partial charge in [-0.2, -0.15) is 0 Å². The molecule has 1 unspecified atom stereocenters. The fraction of sp³-hybridized carbons (Fsp3) is 0.500. The number of alkyl halides is 1. The quantitative estimate of drug-likeness (QED) is 0.453. The molecule has 0 aromatic heterocycles. The Hall–Kier alpha value is -0.610. The van der Waals surface area contributed by atoms with Crippen LogP contribution < -0.4 is 0 Å². The number of hydrogen-bond donors (Lipinski definition) is 0. The van der Waals surface area contributed by atoms with E-state index in [-0.39, 0.29) is 16.0 Å². The average molecular weight is 321 g/mol. The van der Waals surface area contributed by atoms with Crippen LogP contribution in [-0.2, 0) is 6.42 Å². The Morgan fingerprint density at radius 2 is 2.12 bits per heavy atom. The highest BCUT2D eigenvalue weighted by Gasteiger charge is 2.17. The number of rotatable bonds is 5. The van der Waals surface area contributed by atoms with Crippen LogP contribution in [0.3, 0.4) is 0 Å². The van der Waals surface area contributed by atoms with Gasteiger partial charge < -0.3 is 0 Å². The summed E-state index contributed by atoms with van der Waals surface area (Å²) in [5.74, 6) is 0.490. The highest BCUT2D eigenvalue weighted by atomic mass is 79.9. The maximum atomic E-state index is 10.9. The van der Waals surface area contributed by atoms with Gasteiger partial charge in [-0.15, -0.1) is 11.6 Å². The molecule has 0 aliphatic rings. The van der Waals surface area contributed by atoms with E-state index in [1.54, 1.807) is 12.1 Å². The van der Waals surface area contributed by atoms with Gasteiger partial charge in [-0.05, 0) is 30.9 Å². The smallest absolute Gasteiger partial charge is 0.258 e. The molecule has 0 bridgehead atoms. The fourth-order valence-electron chi connectivity index (χ4n) is 1.73. The number of hydrogen-bond acceptors (Lipinski definition) is 2. The molecule has 17 heavy (non-hydrogen) atoms. The van der Waals surface area contributed by atoms with Gasteiger partial charge in [0, 0.05) is 21.5 Å². The lowest BCUT2D eigenvalue weighted by atomic mass is 10.0. The maximum absolute atomic E-state index is 10.9. The largest absolute Gasteiger partial charge is 0.272 e. The number of nitrogens with zero attached hydrogens (tertiary/aromatic N) is 1. The molecule has 5 heteroatoms. The maximum Gasteiger partial charge on any atom is 0.272 e. The SMILES string of the molecule is CC(C)CC(Cl)Cc1cc(Br)ccc1[N+](=O)[O-]. The molecule has 1 aromatic carbocycles. The second kappa shape index (κ2) is 6.36. The number of halogens is 2. The second-order valence-electron chi connectivity index (χ2n) is 4.46. The van der Waals surface area contributed by atoms with Crippen LogP contribution in [0.4, 0.5) is 5.69 Å². The Labute approximate surface area is 114 Å². The zero-order chi connectivity index (χ0) is 13.0. The topological polar surface area (TPSA) is 43.1 Å². The van der Waals surface area contributed by atoms with Crippen molar-refractivity contribution in [3.63, 3.8) is 0 Å². The zero-order valence-corrected chi connectivity index (χ0v) is 12.2. The Balaban J connectivity index is 2.88. The van der Waals surface area contributed by atoms with Gasteiger partial charge >= 0.3 is 0 Å². The van der Waals surface area contributed by atoms with Crippen LogP contribution in [0.2, 0.25) is 0 Å². The molecule has 0 saturated heterocycles. The summed E-state index contributed by atoms with van der Waals surface area (Å²) in [6.07, 6.45) is 1.38. The van der Waals surface area contributed by atoms with Crippen molar-refractivity contribution >= 4 is 33.2 Å². The molecule has 1 aromatic rings. The monoisotopic (exact) mass is 319 g/mol. The van der Waals surface area contributed by atoms with E-state index in [2.05, 4.69) is 29.8 Å². The van der Waals surface area contributed by atoms with Gasteiger partial charge in [-0.3, -0.25) is 10.1 Å². The predicted molar refractivity (Wildman–Crippen MR) is 73.6 cm³/mol. The van der Waals surface area contributed by atoms with Crippen molar-refractivity contribution < 1.29 is 4.92 Å². The van der Waals surface area contributed by atoms with Crippen LogP contribution in [0.25, 0.3) is 0 Å². The molecule has 0 aliphatic heterocycles. The molecule has 94 valence electrons. The van der Waals surface area contributed by atoms with Crippen LogP contribution in [0.15, 0.2) is 22.7 Å². The van der Waals surface area contributed by atoms with Crippen molar-refractivity contribution in [3.8, 4) is 0 Å². The first kappa shape index (κ1) is 14.5. The van der Waals surface area contributed by atoms with Gasteiger partial charge in [0.05, 0.1) is 4.92 Å². The van der Waals surface area contributed by atoms with E-state index >= 15 is 0 Å². The first-order chi connectivity index (χ1) is 7.90. The van der Waals surface area contributed by atoms with Crippen LogP contribution >= 0.6 is 27.5 Å². The third-order valence-electron chi connectivity index (χ3n) is 2.41. The minimum Gasteiger partial charge on any atom is -0.258 e. The zero-order valence-electron chi connectivity index (χ0n) is 9.82. The highest BCUT2D eigenvalue weighted by molar-refractivity contribution is 9.10. The minimum absolute atomic E-state index is 0.0667. The van der Waals surface area contributed by atoms with Crippen LogP contribution in [0, 0.1) is 16.0 Å². The molecule has 1 atom stereocenters. The van der Waals surface area contributed by atoms with Gasteiger partial charge in [0.2, 0.25) is 0 Å². The molecule has 3 nitrogen and oxygen atoms in total. The van der Waals surface area contributed by atoms with Crippen LogP contribution in [0.1, 0.15) is 25.8 Å². The summed E-state index contributed by atoms with van der Waals surface area (Å²) < 4.78 is 0.839. The van der Waals surface area contributed by atoms with Crippen molar-refractivity contribution in [2.24, 2.45) is 5.92 Å². The van der Waals surface area contributed by atoms with Crippen molar-refractivity contribution in [2.75, 3.05) is 0 Å². The second-order valence-corrected chi connectivity index (χ2v) is 5.99. The van der Waals surface area contributed by atoms with Crippen molar-refractivity contribution in [2.45, 2.75) is 32.1 Å². The first-order valence-electron chi connectivity index (χ1n) is 5.47. The Morgan fingerprint density at radius 3 is 2.65 bits per heavy atom. The summed E-state index contributed by atoms with van der Waals surface area (Å²) >= 11 is 9.52. The summed E-state index contributed by atoms with van der Waals surface area (Å²) in [5.41, 5.74) is 0.827. The standard InChI is InChI=1S/C12H15BrClNO2/c1-8(2)5-11(14)7-9-6-10(13)3-4-12(9)15(16)17/h3-4,6,8,11H,5,7H2,1-2H3. The van der Waals surface area contributed by atoms with E-state index in [1.165, 1.54) is 6.07 Å². The van der Waals surface area contributed by atoms with Gasteiger partial charge in [0.15, 0.2) is 0 Å². The van der Waals surface area contributed by atoms with Gasteiger partial charge in [-0.25, -0.2) is 0 Å². The van der Waals surface area contributed by atoms with Crippen molar-refractivity contribution in [3.05, 3.63) is 38.3 Å². The third-order valence-corrected chi connectivity index (χ3v) is 3.23. The van der Waals surface area contributed by atoms with Crippen molar-refractivity contribution in [1.29, 1.82) is 0 Å². The molecule has 0 aliphatic carbocycles. The molecule has 0 radical (unpaired) electrons. The molecule has 1 rings (SSSR count). The molecular formula is C12H15BrClNO2. The van der Waals surface area contributed by atoms with E-state index in [0.29, 0.717) is 17.9 Å². The van der Waals surface area contributed by atoms with Crippen LogP contribution in [0.5, 0.6) is 0 Å². The molecule has 0 spiro atoms.